The van der Waals surface area contributed by atoms with Gasteiger partial charge < -0.3 is 10.1 Å². The minimum Gasteiger partial charge on any atom is -0.493 e. The zero-order valence-corrected chi connectivity index (χ0v) is 14.0. The van der Waals surface area contributed by atoms with E-state index in [1.54, 1.807) is 0 Å². The molecule has 0 amide bonds. The van der Waals surface area contributed by atoms with Crippen molar-refractivity contribution >= 4 is 15.9 Å². The average molecular weight is 338 g/mol. The molecule has 3 atom stereocenters. The molecule has 1 N–H and O–H groups in total. The van der Waals surface area contributed by atoms with E-state index >= 15 is 0 Å². The Balaban J connectivity index is 1.68. The first-order chi connectivity index (χ1) is 9.69. The highest BCUT2D eigenvalue weighted by atomic mass is 79.9. The average Bonchev–Trinajstić information content (AvgIpc) is 3.02. The van der Waals surface area contributed by atoms with Gasteiger partial charge in [-0.05, 0) is 42.4 Å². The van der Waals surface area contributed by atoms with E-state index in [0.717, 1.165) is 37.2 Å². The van der Waals surface area contributed by atoms with Crippen LogP contribution in [-0.4, -0.2) is 12.6 Å². The van der Waals surface area contributed by atoms with E-state index in [9.17, 15) is 0 Å². The Morgan fingerprint density at radius 3 is 2.95 bits per heavy atom. The van der Waals surface area contributed by atoms with Crippen molar-refractivity contribution in [3.8, 4) is 5.75 Å². The molecule has 0 bridgehead atoms. The van der Waals surface area contributed by atoms with E-state index in [2.05, 4.69) is 47.2 Å². The molecule has 1 aromatic rings. The van der Waals surface area contributed by atoms with Crippen molar-refractivity contribution < 1.29 is 4.74 Å². The maximum atomic E-state index is 5.81. The van der Waals surface area contributed by atoms with Gasteiger partial charge in [-0.15, -0.1) is 0 Å². The summed E-state index contributed by atoms with van der Waals surface area (Å²) in [6.07, 6.45) is 5.05. The molecule has 1 saturated carbocycles. The third kappa shape index (κ3) is 2.75. The minimum atomic E-state index is 0.663. The van der Waals surface area contributed by atoms with Gasteiger partial charge in [0, 0.05) is 29.0 Å². The lowest BCUT2D eigenvalue weighted by atomic mass is 9.93. The summed E-state index contributed by atoms with van der Waals surface area (Å²) >= 11 is 3.62. The van der Waals surface area contributed by atoms with Crippen molar-refractivity contribution in [2.75, 3.05) is 6.61 Å². The van der Waals surface area contributed by atoms with Crippen LogP contribution in [0.1, 0.15) is 44.2 Å². The molecule has 3 rings (SSSR count). The van der Waals surface area contributed by atoms with E-state index in [1.807, 2.05) is 0 Å². The van der Waals surface area contributed by atoms with Gasteiger partial charge in [-0.25, -0.2) is 0 Å². The summed E-state index contributed by atoms with van der Waals surface area (Å²) in [6.45, 7) is 6.48. The van der Waals surface area contributed by atoms with Gasteiger partial charge in [0.05, 0.1) is 6.61 Å². The first kappa shape index (κ1) is 14.4. The van der Waals surface area contributed by atoms with Crippen molar-refractivity contribution in [1.82, 2.24) is 5.32 Å². The summed E-state index contributed by atoms with van der Waals surface area (Å²) in [5.74, 6) is 2.82. The van der Waals surface area contributed by atoms with Crippen LogP contribution < -0.4 is 10.1 Å². The monoisotopic (exact) mass is 337 g/mol. The number of hydrogen-bond acceptors (Lipinski definition) is 2. The highest BCUT2D eigenvalue weighted by Gasteiger charge is 2.31. The molecule has 1 heterocycles. The van der Waals surface area contributed by atoms with Gasteiger partial charge in [0.15, 0.2) is 0 Å². The number of nitrogens with one attached hydrogen (secondary N) is 1. The number of fused-ring (bicyclic) bond motifs is 1. The van der Waals surface area contributed by atoms with E-state index in [0.29, 0.717) is 6.04 Å². The van der Waals surface area contributed by atoms with E-state index in [4.69, 9.17) is 4.74 Å². The standard InChI is InChI=1S/C17H24BrNO/c1-3-12-4-5-16(11(12)2)19-10-14-9-15(18)8-13-6-7-20-17(13)14/h8-9,11-12,16,19H,3-7,10H2,1-2H3. The Labute approximate surface area is 130 Å². The van der Waals surface area contributed by atoms with Gasteiger partial charge in [0.1, 0.15) is 5.75 Å². The first-order valence-electron chi connectivity index (χ1n) is 7.86. The fourth-order valence-corrected chi connectivity index (χ4v) is 4.38. The third-order valence-electron chi connectivity index (χ3n) is 5.13. The van der Waals surface area contributed by atoms with Crippen molar-refractivity contribution in [3.05, 3.63) is 27.7 Å². The number of hydrogen-bond donors (Lipinski definition) is 1. The van der Waals surface area contributed by atoms with Crippen LogP contribution in [0.5, 0.6) is 5.75 Å². The number of halogens is 1. The molecule has 0 saturated heterocycles. The zero-order chi connectivity index (χ0) is 14.1. The van der Waals surface area contributed by atoms with Crippen LogP contribution in [-0.2, 0) is 13.0 Å². The Morgan fingerprint density at radius 1 is 1.35 bits per heavy atom. The van der Waals surface area contributed by atoms with Gasteiger partial charge >= 0.3 is 0 Å². The molecule has 3 heteroatoms. The van der Waals surface area contributed by atoms with Crippen LogP contribution in [0.2, 0.25) is 0 Å². The van der Waals surface area contributed by atoms with Crippen LogP contribution in [0.3, 0.4) is 0 Å². The van der Waals surface area contributed by atoms with Crippen LogP contribution in [0, 0.1) is 11.8 Å². The Bertz CT molecular complexity index is 488. The second-order valence-electron chi connectivity index (χ2n) is 6.24. The maximum Gasteiger partial charge on any atom is 0.127 e. The van der Waals surface area contributed by atoms with Crippen molar-refractivity contribution in [1.29, 1.82) is 0 Å². The van der Waals surface area contributed by atoms with Crippen molar-refractivity contribution in [2.24, 2.45) is 11.8 Å². The van der Waals surface area contributed by atoms with Crippen LogP contribution in [0.25, 0.3) is 0 Å². The number of benzene rings is 1. The molecule has 0 aromatic heterocycles. The van der Waals surface area contributed by atoms with Crippen molar-refractivity contribution in [3.63, 3.8) is 0 Å². The molecule has 1 aliphatic carbocycles. The lowest BCUT2D eigenvalue weighted by Gasteiger charge is -2.21. The normalized spacial score (nSPS) is 28.4. The van der Waals surface area contributed by atoms with E-state index < -0.39 is 0 Å². The molecule has 110 valence electrons. The summed E-state index contributed by atoms with van der Waals surface area (Å²) in [5.41, 5.74) is 2.65. The molecule has 20 heavy (non-hydrogen) atoms. The number of ether oxygens (including phenoxy) is 1. The predicted octanol–water partition coefficient (Wildman–Crippen LogP) is 4.30. The third-order valence-corrected chi connectivity index (χ3v) is 5.59. The summed E-state index contributed by atoms with van der Waals surface area (Å²) in [7, 11) is 0. The van der Waals surface area contributed by atoms with Gasteiger partial charge in [-0.3, -0.25) is 0 Å². The fourth-order valence-electron chi connectivity index (χ4n) is 3.83. The SMILES string of the molecule is CCC1CCC(NCc2cc(Br)cc3c2OCC3)C1C. The molecule has 0 spiro atoms. The molecule has 1 aromatic carbocycles. The van der Waals surface area contributed by atoms with Gasteiger partial charge in [0.25, 0.3) is 0 Å². The predicted molar refractivity (Wildman–Crippen MR) is 86.1 cm³/mol. The Kier molecular flexibility index (Phi) is 4.37. The summed E-state index contributed by atoms with van der Waals surface area (Å²) in [4.78, 5) is 0. The molecule has 1 aliphatic heterocycles. The van der Waals surface area contributed by atoms with Gasteiger partial charge in [-0.1, -0.05) is 36.2 Å². The van der Waals surface area contributed by atoms with Gasteiger partial charge in [0.2, 0.25) is 0 Å². The fraction of sp³-hybridized carbons (Fsp3) is 0.647. The summed E-state index contributed by atoms with van der Waals surface area (Å²) in [5, 5.41) is 3.77. The van der Waals surface area contributed by atoms with Crippen LogP contribution in [0.15, 0.2) is 16.6 Å². The topological polar surface area (TPSA) is 21.3 Å². The lowest BCUT2D eigenvalue weighted by Crippen LogP contribution is -2.32. The molecule has 2 nitrogen and oxygen atoms in total. The Hall–Kier alpha value is -0.540. The first-order valence-corrected chi connectivity index (χ1v) is 8.65. The second-order valence-corrected chi connectivity index (χ2v) is 7.16. The largest absolute Gasteiger partial charge is 0.493 e. The number of rotatable bonds is 4. The highest BCUT2D eigenvalue weighted by molar-refractivity contribution is 9.10. The van der Waals surface area contributed by atoms with Crippen LogP contribution in [0.4, 0.5) is 0 Å². The molecule has 3 unspecified atom stereocenters. The van der Waals surface area contributed by atoms with Gasteiger partial charge in [-0.2, -0.15) is 0 Å². The summed E-state index contributed by atoms with van der Waals surface area (Å²) < 4.78 is 6.98. The summed E-state index contributed by atoms with van der Waals surface area (Å²) in [6, 6.07) is 5.06. The lowest BCUT2D eigenvalue weighted by molar-refractivity contribution is 0.335. The van der Waals surface area contributed by atoms with Crippen molar-refractivity contribution in [2.45, 2.75) is 52.1 Å². The molecule has 0 radical (unpaired) electrons. The maximum absolute atomic E-state index is 5.81. The highest BCUT2D eigenvalue weighted by Crippen LogP contribution is 2.36. The van der Waals surface area contributed by atoms with E-state index in [1.165, 1.54) is 34.9 Å². The minimum absolute atomic E-state index is 0.663. The molecule has 1 fully saturated rings. The van der Waals surface area contributed by atoms with E-state index in [-0.39, 0.29) is 0 Å². The second kappa shape index (κ2) is 6.07. The Morgan fingerprint density at radius 2 is 2.20 bits per heavy atom. The molecular weight excluding hydrogens is 314 g/mol. The van der Waals surface area contributed by atoms with Crippen LogP contribution >= 0.6 is 15.9 Å². The quantitative estimate of drug-likeness (QED) is 0.884. The smallest absolute Gasteiger partial charge is 0.127 e. The zero-order valence-electron chi connectivity index (χ0n) is 12.4. The molecule has 2 aliphatic rings. The molecular formula is C17H24BrNO.